The number of halogens is 3. The molecule has 2 aromatic rings. The van der Waals surface area contributed by atoms with Gasteiger partial charge < -0.3 is 10.2 Å². The van der Waals surface area contributed by atoms with Crippen molar-refractivity contribution < 1.29 is 26.4 Å². The maximum absolute atomic E-state index is 12.3. The number of amides is 1. The van der Waals surface area contributed by atoms with Crippen LogP contribution in [0.3, 0.4) is 0 Å². The normalized spacial score (nSPS) is 15.3. The molecule has 0 aromatic carbocycles. The third kappa shape index (κ3) is 7.54. The lowest BCUT2D eigenvalue weighted by atomic mass is 10.2. The minimum Gasteiger partial charge on any atom is -0.368 e. The first-order chi connectivity index (χ1) is 15.5. The smallest absolute Gasteiger partial charge is 0.368 e. The third-order valence-corrected chi connectivity index (χ3v) is 5.88. The van der Waals surface area contributed by atoms with Crippen LogP contribution in [0, 0.1) is 0 Å². The van der Waals surface area contributed by atoms with Crippen molar-refractivity contribution in [2.45, 2.75) is 12.7 Å². The summed E-state index contributed by atoms with van der Waals surface area (Å²) in [5, 5.41) is 2.53. The van der Waals surface area contributed by atoms with Gasteiger partial charge in [0.25, 0.3) is 5.91 Å². The summed E-state index contributed by atoms with van der Waals surface area (Å²) < 4.78 is 63.8. The van der Waals surface area contributed by atoms with Gasteiger partial charge in [0.05, 0.1) is 11.9 Å². The van der Waals surface area contributed by atoms with Crippen molar-refractivity contribution >= 4 is 27.6 Å². The molecule has 0 radical (unpaired) electrons. The van der Waals surface area contributed by atoms with Crippen molar-refractivity contribution in [3.63, 3.8) is 0 Å². The van der Waals surface area contributed by atoms with Crippen LogP contribution in [0.2, 0.25) is 0 Å². The van der Waals surface area contributed by atoms with Crippen molar-refractivity contribution in [1.82, 2.24) is 24.9 Å². The van der Waals surface area contributed by atoms with Crippen LogP contribution in [-0.4, -0.2) is 75.1 Å². The van der Waals surface area contributed by atoms with Gasteiger partial charge in [0.15, 0.2) is 0 Å². The number of rotatable bonds is 8. The Morgan fingerprint density at radius 1 is 1.12 bits per heavy atom. The molecule has 33 heavy (non-hydrogen) atoms. The summed E-state index contributed by atoms with van der Waals surface area (Å²) in [5.41, 5.74) is 2.02. The molecule has 0 unspecified atom stereocenters. The van der Waals surface area contributed by atoms with Gasteiger partial charge in [-0.15, -0.1) is 0 Å². The van der Waals surface area contributed by atoms with Crippen LogP contribution in [0.5, 0.6) is 0 Å². The van der Waals surface area contributed by atoms with Crippen molar-refractivity contribution in [3.8, 4) is 0 Å². The molecular formula is C19H24F3N7O3S. The number of pyridine rings is 2. The Bertz CT molecular complexity index is 1060. The number of hydrogen-bond acceptors (Lipinski definition) is 7. The summed E-state index contributed by atoms with van der Waals surface area (Å²) in [5.74, 6) is -0.315. The standard InChI is InChI=1S/C19H24F3N7O3S/c1-23-18(30)16-3-2-15(11-25-16)29-8-6-28(7-9-29)12-14-4-5-24-17(10-14)27-33(31,32)26-13-19(20,21)22/h2-5,10-11,26H,6-9,12-13H2,1H3,(H,23,30)(H,24,27). The van der Waals surface area contributed by atoms with E-state index in [-0.39, 0.29) is 11.7 Å². The zero-order valence-corrected chi connectivity index (χ0v) is 18.6. The fourth-order valence-corrected chi connectivity index (χ4v) is 4.05. The van der Waals surface area contributed by atoms with Crippen LogP contribution in [0.4, 0.5) is 24.7 Å². The molecule has 3 N–H and O–H groups in total. The molecule has 1 fully saturated rings. The third-order valence-electron chi connectivity index (χ3n) is 4.88. The van der Waals surface area contributed by atoms with E-state index < -0.39 is 22.9 Å². The molecule has 0 saturated carbocycles. The zero-order valence-electron chi connectivity index (χ0n) is 17.8. The fourth-order valence-electron chi connectivity index (χ4n) is 3.24. The summed E-state index contributed by atoms with van der Waals surface area (Å²) in [7, 11) is -2.86. The van der Waals surface area contributed by atoms with Crippen LogP contribution in [0.15, 0.2) is 36.7 Å². The number of carbonyl (C=O) groups is 1. The van der Waals surface area contributed by atoms with E-state index >= 15 is 0 Å². The van der Waals surface area contributed by atoms with E-state index in [2.05, 4.69) is 25.1 Å². The van der Waals surface area contributed by atoms with Crippen LogP contribution in [-0.2, 0) is 16.8 Å². The molecule has 1 aliphatic heterocycles. The molecule has 180 valence electrons. The predicted molar refractivity (Wildman–Crippen MR) is 116 cm³/mol. The van der Waals surface area contributed by atoms with E-state index in [1.165, 1.54) is 17.0 Å². The highest BCUT2D eigenvalue weighted by Gasteiger charge is 2.29. The van der Waals surface area contributed by atoms with Gasteiger partial charge in [-0.2, -0.15) is 26.3 Å². The van der Waals surface area contributed by atoms with Crippen molar-refractivity contribution in [3.05, 3.63) is 47.9 Å². The molecule has 3 heterocycles. The number of piperazine rings is 1. The lowest BCUT2D eigenvalue weighted by molar-refractivity contribution is -0.121. The highest BCUT2D eigenvalue weighted by molar-refractivity contribution is 7.90. The second kappa shape index (κ2) is 10.3. The highest BCUT2D eigenvalue weighted by atomic mass is 32.2. The number of hydrogen-bond donors (Lipinski definition) is 3. The largest absolute Gasteiger partial charge is 0.402 e. The Kier molecular flexibility index (Phi) is 7.71. The van der Waals surface area contributed by atoms with Gasteiger partial charge in [0, 0.05) is 46.0 Å². The Morgan fingerprint density at radius 3 is 2.45 bits per heavy atom. The Balaban J connectivity index is 1.53. The second-order valence-electron chi connectivity index (χ2n) is 7.34. The van der Waals surface area contributed by atoms with Gasteiger partial charge >= 0.3 is 16.4 Å². The topological polar surface area (TPSA) is 120 Å². The molecule has 10 nitrogen and oxygen atoms in total. The molecule has 0 aliphatic carbocycles. The van der Waals surface area contributed by atoms with Crippen LogP contribution in [0.25, 0.3) is 0 Å². The summed E-state index contributed by atoms with van der Waals surface area (Å²) in [6.45, 7) is 1.77. The van der Waals surface area contributed by atoms with Crippen molar-refractivity contribution in [2.75, 3.05) is 49.4 Å². The monoisotopic (exact) mass is 487 g/mol. The second-order valence-corrected chi connectivity index (χ2v) is 8.83. The maximum atomic E-state index is 12.3. The van der Waals surface area contributed by atoms with E-state index in [4.69, 9.17) is 0 Å². The van der Waals surface area contributed by atoms with Crippen molar-refractivity contribution in [2.24, 2.45) is 0 Å². The first-order valence-corrected chi connectivity index (χ1v) is 11.5. The van der Waals surface area contributed by atoms with E-state index in [0.29, 0.717) is 12.2 Å². The number of anilines is 2. The van der Waals surface area contributed by atoms with Crippen LogP contribution in [0.1, 0.15) is 16.1 Å². The molecule has 0 bridgehead atoms. The van der Waals surface area contributed by atoms with Crippen LogP contribution >= 0.6 is 0 Å². The van der Waals surface area contributed by atoms with Crippen LogP contribution < -0.4 is 19.7 Å². The number of nitrogens with zero attached hydrogens (tertiary/aromatic N) is 4. The van der Waals surface area contributed by atoms with Crippen molar-refractivity contribution in [1.29, 1.82) is 0 Å². The maximum Gasteiger partial charge on any atom is 0.402 e. The predicted octanol–water partition coefficient (Wildman–Crippen LogP) is 0.967. The molecular weight excluding hydrogens is 463 g/mol. The van der Waals surface area contributed by atoms with E-state index in [1.54, 1.807) is 25.4 Å². The van der Waals surface area contributed by atoms with Gasteiger partial charge in [-0.3, -0.25) is 14.4 Å². The van der Waals surface area contributed by atoms with E-state index in [9.17, 15) is 26.4 Å². The Labute approximate surface area is 189 Å². The summed E-state index contributed by atoms with van der Waals surface area (Å²) in [6, 6.07) is 6.72. The lowest BCUT2D eigenvalue weighted by Crippen LogP contribution is -2.46. The number of nitrogens with one attached hydrogen (secondary N) is 3. The molecule has 1 aliphatic rings. The molecule has 14 heteroatoms. The van der Waals surface area contributed by atoms with Gasteiger partial charge in [0.1, 0.15) is 18.1 Å². The number of aromatic nitrogens is 2. The van der Waals surface area contributed by atoms with Gasteiger partial charge in [-0.05, 0) is 29.8 Å². The summed E-state index contributed by atoms with van der Waals surface area (Å²) in [6.07, 6.45) is -1.60. The minimum absolute atomic E-state index is 0.0666. The Morgan fingerprint density at radius 2 is 1.85 bits per heavy atom. The summed E-state index contributed by atoms with van der Waals surface area (Å²) >= 11 is 0. The first-order valence-electron chi connectivity index (χ1n) is 9.99. The zero-order chi connectivity index (χ0) is 24.1. The average molecular weight is 488 g/mol. The Hall–Kier alpha value is -2.97. The van der Waals surface area contributed by atoms with Gasteiger partial charge in [-0.1, -0.05) is 0 Å². The average Bonchev–Trinajstić information content (AvgIpc) is 2.77. The van der Waals surface area contributed by atoms with Gasteiger partial charge in [-0.25, -0.2) is 9.97 Å². The molecule has 0 spiro atoms. The van der Waals surface area contributed by atoms with E-state index in [0.717, 1.165) is 37.4 Å². The molecule has 1 amide bonds. The fraction of sp³-hybridized carbons (Fsp3) is 0.421. The SMILES string of the molecule is CNC(=O)c1ccc(N2CCN(Cc3ccnc(NS(=O)(=O)NCC(F)(F)F)c3)CC2)cn1. The number of carbonyl (C=O) groups excluding carboxylic acids is 1. The molecule has 3 rings (SSSR count). The lowest BCUT2D eigenvalue weighted by Gasteiger charge is -2.36. The number of alkyl halides is 3. The summed E-state index contributed by atoms with van der Waals surface area (Å²) in [4.78, 5) is 24.0. The molecule has 2 aromatic heterocycles. The molecule has 0 atom stereocenters. The van der Waals surface area contributed by atoms with Gasteiger partial charge in [0.2, 0.25) is 0 Å². The molecule has 1 saturated heterocycles. The highest BCUT2D eigenvalue weighted by Crippen LogP contribution is 2.18. The minimum atomic E-state index is -4.66. The first kappa shape index (κ1) is 24.7. The quantitative estimate of drug-likeness (QED) is 0.508. The van der Waals surface area contributed by atoms with E-state index in [1.807, 2.05) is 10.8 Å².